The molecule has 3 nitrogen and oxygen atoms in total. The van der Waals surface area contributed by atoms with E-state index in [2.05, 4.69) is 19.2 Å². The number of aryl methyl sites for hydroxylation is 1. The van der Waals surface area contributed by atoms with Gasteiger partial charge in [0.2, 0.25) is 0 Å². The molecule has 18 heavy (non-hydrogen) atoms. The Morgan fingerprint density at radius 1 is 1.56 bits per heavy atom. The van der Waals surface area contributed by atoms with E-state index in [4.69, 9.17) is 5.73 Å². The van der Waals surface area contributed by atoms with Crippen LogP contribution in [-0.2, 0) is 0 Å². The van der Waals surface area contributed by atoms with Crippen LogP contribution < -0.4 is 11.1 Å². The van der Waals surface area contributed by atoms with Gasteiger partial charge < -0.3 is 11.1 Å². The fraction of sp³-hybridized carbons (Fsp3) is 0.643. The highest BCUT2D eigenvalue weighted by Crippen LogP contribution is 2.34. The Bertz CT molecular complexity index is 422. The van der Waals surface area contributed by atoms with Crippen molar-refractivity contribution in [1.29, 1.82) is 0 Å². The van der Waals surface area contributed by atoms with Crippen molar-refractivity contribution >= 4 is 22.9 Å². The largest absolute Gasteiger partial charge is 0.398 e. The SMILES string of the molecule is CCC1CCC(NC(=O)c2cc(N)c(C)s2)C1C. The Balaban J connectivity index is 2.00. The molecule has 0 saturated heterocycles. The number of hydrogen-bond acceptors (Lipinski definition) is 3. The highest BCUT2D eigenvalue weighted by Gasteiger charge is 2.32. The monoisotopic (exact) mass is 266 g/mol. The highest BCUT2D eigenvalue weighted by molar-refractivity contribution is 7.14. The van der Waals surface area contributed by atoms with Gasteiger partial charge in [0.15, 0.2) is 0 Å². The number of anilines is 1. The summed E-state index contributed by atoms with van der Waals surface area (Å²) >= 11 is 1.48. The maximum Gasteiger partial charge on any atom is 0.261 e. The number of thiophene rings is 1. The molecule has 1 aliphatic rings. The molecule has 0 bridgehead atoms. The average Bonchev–Trinajstić information content (AvgIpc) is 2.85. The van der Waals surface area contributed by atoms with E-state index in [0.29, 0.717) is 12.0 Å². The van der Waals surface area contributed by atoms with Gasteiger partial charge in [-0.2, -0.15) is 0 Å². The van der Waals surface area contributed by atoms with Crippen LogP contribution in [0.15, 0.2) is 6.07 Å². The van der Waals surface area contributed by atoms with E-state index in [1.807, 2.05) is 6.92 Å². The van der Waals surface area contributed by atoms with Gasteiger partial charge in [-0.25, -0.2) is 0 Å². The highest BCUT2D eigenvalue weighted by atomic mass is 32.1. The van der Waals surface area contributed by atoms with Crippen molar-refractivity contribution in [3.05, 3.63) is 15.8 Å². The molecule has 3 N–H and O–H groups in total. The Morgan fingerprint density at radius 3 is 2.78 bits per heavy atom. The minimum absolute atomic E-state index is 0.0356. The van der Waals surface area contributed by atoms with Crippen LogP contribution in [-0.4, -0.2) is 11.9 Å². The summed E-state index contributed by atoms with van der Waals surface area (Å²) in [4.78, 5) is 13.9. The first-order valence-corrected chi connectivity index (χ1v) is 7.51. The molecule has 3 unspecified atom stereocenters. The fourth-order valence-electron chi connectivity index (χ4n) is 2.88. The average molecular weight is 266 g/mol. The third-order valence-corrected chi connectivity index (χ3v) is 5.31. The Kier molecular flexibility index (Phi) is 3.95. The summed E-state index contributed by atoms with van der Waals surface area (Å²) in [7, 11) is 0. The Morgan fingerprint density at radius 2 is 2.28 bits per heavy atom. The molecule has 0 spiro atoms. The maximum atomic E-state index is 12.2. The second-order valence-electron chi connectivity index (χ2n) is 5.31. The van der Waals surface area contributed by atoms with Gasteiger partial charge in [-0.15, -0.1) is 11.3 Å². The number of nitrogens with two attached hydrogens (primary N) is 1. The van der Waals surface area contributed by atoms with Crippen LogP contribution in [0, 0.1) is 18.8 Å². The van der Waals surface area contributed by atoms with E-state index < -0.39 is 0 Å². The van der Waals surface area contributed by atoms with E-state index in [1.165, 1.54) is 24.2 Å². The third-order valence-electron chi connectivity index (χ3n) is 4.25. The molecule has 1 heterocycles. The van der Waals surface area contributed by atoms with Gasteiger partial charge in [0, 0.05) is 16.6 Å². The van der Waals surface area contributed by atoms with Crippen molar-refractivity contribution in [3.8, 4) is 0 Å². The molecule has 1 saturated carbocycles. The maximum absolute atomic E-state index is 12.2. The van der Waals surface area contributed by atoms with Crippen LogP contribution in [0.1, 0.15) is 47.7 Å². The Labute approximate surface area is 113 Å². The van der Waals surface area contributed by atoms with Crippen LogP contribution >= 0.6 is 11.3 Å². The van der Waals surface area contributed by atoms with E-state index in [9.17, 15) is 4.79 Å². The first kappa shape index (κ1) is 13.4. The van der Waals surface area contributed by atoms with Crippen molar-refractivity contribution in [1.82, 2.24) is 5.32 Å². The summed E-state index contributed by atoms with van der Waals surface area (Å²) in [6.45, 7) is 6.43. The lowest BCUT2D eigenvalue weighted by molar-refractivity contribution is 0.0930. The fourth-order valence-corrected chi connectivity index (χ4v) is 3.72. The van der Waals surface area contributed by atoms with Crippen molar-refractivity contribution in [2.24, 2.45) is 11.8 Å². The van der Waals surface area contributed by atoms with Gasteiger partial charge in [-0.05, 0) is 37.7 Å². The van der Waals surface area contributed by atoms with Crippen molar-refractivity contribution in [3.63, 3.8) is 0 Å². The second kappa shape index (κ2) is 5.31. The summed E-state index contributed by atoms with van der Waals surface area (Å²) in [6.07, 6.45) is 3.54. The molecule has 0 aliphatic heterocycles. The van der Waals surface area contributed by atoms with Gasteiger partial charge in [0.05, 0.1) is 4.88 Å². The zero-order valence-corrected chi connectivity index (χ0v) is 12.1. The molecule has 0 aromatic carbocycles. The zero-order valence-electron chi connectivity index (χ0n) is 11.3. The zero-order chi connectivity index (χ0) is 13.3. The third kappa shape index (κ3) is 2.53. The number of rotatable bonds is 3. The topological polar surface area (TPSA) is 55.1 Å². The predicted octanol–water partition coefficient (Wildman–Crippen LogP) is 3.19. The van der Waals surface area contributed by atoms with E-state index in [1.54, 1.807) is 6.07 Å². The lowest BCUT2D eigenvalue weighted by Gasteiger charge is -2.20. The molecule has 0 radical (unpaired) electrons. The second-order valence-corrected chi connectivity index (χ2v) is 6.56. The molecule has 1 aromatic rings. The van der Waals surface area contributed by atoms with Gasteiger partial charge in [-0.3, -0.25) is 4.79 Å². The minimum atomic E-state index is 0.0356. The van der Waals surface area contributed by atoms with Crippen molar-refractivity contribution in [2.75, 3.05) is 5.73 Å². The van der Waals surface area contributed by atoms with E-state index in [0.717, 1.165) is 27.8 Å². The van der Waals surface area contributed by atoms with Gasteiger partial charge in [0.25, 0.3) is 5.91 Å². The predicted molar refractivity (Wildman–Crippen MR) is 76.9 cm³/mol. The number of carbonyl (C=O) groups excluding carboxylic acids is 1. The molecule has 1 fully saturated rings. The van der Waals surface area contributed by atoms with E-state index in [-0.39, 0.29) is 5.91 Å². The number of amides is 1. The number of nitrogens with one attached hydrogen (secondary N) is 1. The summed E-state index contributed by atoms with van der Waals surface area (Å²) in [5.74, 6) is 1.37. The van der Waals surface area contributed by atoms with Crippen molar-refractivity contribution in [2.45, 2.75) is 46.1 Å². The molecule has 1 amide bonds. The Hall–Kier alpha value is -1.03. The van der Waals surface area contributed by atoms with Crippen LogP contribution in [0.5, 0.6) is 0 Å². The lowest BCUT2D eigenvalue weighted by atomic mass is 9.93. The summed E-state index contributed by atoms with van der Waals surface area (Å²) in [5, 5.41) is 3.17. The molecule has 1 aromatic heterocycles. The lowest BCUT2D eigenvalue weighted by Crippen LogP contribution is -2.37. The quantitative estimate of drug-likeness (QED) is 0.882. The number of hydrogen-bond donors (Lipinski definition) is 2. The summed E-state index contributed by atoms with van der Waals surface area (Å²) in [5.41, 5.74) is 6.51. The molecule has 100 valence electrons. The molecule has 3 atom stereocenters. The number of carbonyl (C=O) groups is 1. The van der Waals surface area contributed by atoms with Crippen LogP contribution in [0.3, 0.4) is 0 Å². The summed E-state index contributed by atoms with van der Waals surface area (Å²) < 4.78 is 0. The minimum Gasteiger partial charge on any atom is -0.398 e. The first-order chi connectivity index (χ1) is 8.52. The van der Waals surface area contributed by atoms with E-state index >= 15 is 0 Å². The molecule has 1 aliphatic carbocycles. The van der Waals surface area contributed by atoms with Crippen LogP contribution in [0.4, 0.5) is 5.69 Å². The molecular formula is C14H22N2OS. The summed E-state index contributed by atoms with van der Waals surface area (Å²) in [6, 6.07) is 2.11. The van der Waals surface area contributed by atoms with Gasteiger partial charge in [0.1, 0.15) is 0 Å². The normalized spacial score (nSPS) is 27.4. The molecule has 4 heteroatoms. The van der Waals surface area contributed by atoms with Gasteiger partial charge in [-0.1, -0.05) is 20.3 Å². The van der Waals surface area contributed by atoms with Crippen molar-refractivity contribution < 1.29 is 4.79 Å². The first-order valence-electron chi connectivity index (χ1n) is 6.69. The standard InChI is InChI=1S/C14H22N2OS/c1-4-10-5-6-12(8(10)2)16-14(17)13-7-11(15)9(3)18-13/h7-8,10,12H,4-6,15H2,1-3H3,(H,16,17). The van der Waals surface area contributed by atoms with Gasteiger partial charge >= 0.3 is 0 Å². The number of nitrogen functional groups attached to an aromatic ring is 1. The molecular weight excluding hydrogens is 244 g/mol. The van der Waals surface area contributed by atoms with Crippen LogP contribution in [0.2, 0.25) is 0 Å². The molecule has 2 rings (SSSR count). The van der Waals surface area contributed by atoms with Crippen LogP contribution in [0.25, 0.3) is 0 Å². The smallest absolute Gasteiger partial charge is 0.261 e.